The minimum absolute atomic E-state index is 0.0502. The third kappa shape index (κ3) is 2.45. The van der Waals surface area contributed by atoms with Crippen LogP contribution in [0.25, 0.3) is 0 Å². The highest BCUT2D eigenvalue weighted by Gasteiger charge is 2.32. The number of rotatable bonds is 4. The molecule has 2 aliphatic rings. The summed E-state index contributed by atoms with van der Waals surface area (Å²) in [5.74, 6) is -1.15. The van der Waals surface area contributed by atoms with Gasteiger partial charge in [-0.15, -0.1) is 11.3 Å². The van der Waals surface area contributed by atoms with E-state index in [1.165, 1.54) is 16.2 Å². The molecule has 1 atom stereocenters. The zero-order valence-corrected chi connectivity index (χ0v) is 12.3. The molecular weight excluding hydrogens is 276 g/mol. The second kappa shape index (κ2) is 5.18. The Bertz CT molecular complexity index is 563. The molecule has 0 saturated heterocycles. The number of carboxylic acid groups (broad SMARTS) is 1. The summed E-state index contributed by atoms with van der Waals surface area (Å²) in [6.07, 6.45) is 2.56. The number of carboxylic acids is 1. The highest BCUT2D eigenvalue weighted by Crippen LogP contribution is 2.36. The van der Waals surface area contributed by atoms with E-state index >= 15 is 0 Å². The molecule has 0 aromatic carbocycles. The average Bonchev–Trinajstić information content (AvgIpc) is 3.19. The van der Waals surface area contributed by atoms with Gasteiger partial charge in [0.2, 0.25) is 5.91 Å². The summed E-state index contributed by atoms with van der Waals surface area (Å²) in [6, 6.07) is 0. The maximum absolute atomic E-state index is 11.9. The van der Waals surface area contributed by atoms with Crippen LogP contribution < -0.4 is 15.3 Å². The highest BCUT2D eigenvalue weighted by molar-refractivity contribution is 7.16. The zero-order chi connectivity index (χ0) is 14.3. The van der Waals surface area contributed by atoms with Gasteiger partial charge in [0.05, 0.1) is 23.9 Å². The molecule has 2 N–H and O–H groups in total. The van der Waals surface area contributed by atoms with Crippen LogP contribution in [0.1, 0.15) is 40.6 Å². The summed E-state index contributed by atoms with van der Waals surface area (Å²) >= 11 is 1.41. The number of thiophene rings is 1. The van der Waals surface area contributed by atoms with Gasteiger partial charge in [-0.1, -0.05) is 0 Å². The van der Waals surface area contributed by atoms with Crippen LogP contribution in [0.5, 0.6) is 0 Å². The Morgan fingerprint density at radius 1 is 1.45 bits per heavy atom. The molecule has 1 saturated carbocycles. The van der Waals surface area contributed by atoms with Crippen molar-refractivity contribution in [1.82, 2.24) is 0 Å². The van der Waals surface area contributed by atoms with Crippen molar-refractivity contribution in [2.24, 2.45) is 5.92 Å². The van der Waals surface area contributed by atoms with Gasteiger partial charge in [-0.2, -0.15) is 0 Å². The molecule has 1 aliphatic heterocycles. The van der Waals surface area contributed by atoms with Crippen molar-refractivity contribution < 1.29 is 19.6 Å². The molecule has 1 aromatic rings. The molecule has 108 valence electrons. The van der Waals surface area contributed by atoms with Crippen molar-refractivity contribution in [3.63, 3.8) is 0 Å². The summed E-state index contributed by atoms with van der Waals surface area (Å²) < 4.78 is 0. The number of hydrogen-bond donors (Lipinski definition) is 2. The Morgan fingerprint density at radius 2 is 2.20 bits per heavy atom. The molecule has 1 aromatic heterocycles. The number of likely N-dealkylation sites (N-methyl/N-ethyl adjacent to an activating group) is 1. The lowest BCUT2D eigenvalue weighted by Gasteiger charge is -2.23. The first-order valence-electron chi connectivity index (χ1n) is 7.10. The Morgan fingerprint density at radius 3 is 2.80 bits per heavy atom. The molecule has 1 fully saturated rings. The average molecular weight is 294 g/mol. The smallest absolute Gasteiger partial charge is 0.228 e. The number of anilines is 1. The van der Waals surface area contributed by atoms with E-state index in [0.29, 0.717) is 5.00 Å². The van der Waals surface area contributed by atoms with Crippen molar-refractivity contribution in [2.75, 3.05) is 18.4 Å². The predicted octanol–water partition coefficient (Wildman–Crippen LogP) is -0.579. The highest BCUT2D eigenvalue weighted by atomic mass is 32.1. The molecule has 1 unspecified atom stereocenters. The molecular formula is C14H18N2O3S. The summed E-state index contributed by atoms with van der Waals surface area (Å²) in [7, 11) is 0. The zero-order valence-electron chi connectivity index (χ0n) is 11.5. The van der Waals surface area contributed by atoms with Gasteiger partial charge in [-0.3, -0.25) is 4.79 Å². The van der Waals surface area contributed by atoms with Crippen LogP contribution in [0.3, 0.4) is 0 Å². The summed E-state index contributed by atoms with van der Waals surface area (Å²) in [4.78, 5) is 25.8. The van der Waals surface area contributed by atoms with Crippen LogP contribution >= 0.6 is 11.3 Å². The Balaban J connectivity index is 1.91. The first-order valence-corrected chi connectivity index (χ1v) is 7.92. The third-order valence-corrected chi connectivity index (χ3v) is 5.27. The van der Waals surface area contributed by atoms with Gasteiger partial charge in [-0.05, 0) is 25.3 Å². The quantitative estimate of drug-likeness (QED) is 0.780. The maximum atomic E-state index is 11.9. The van der Waals surface area contributed by atoms with E-state index in [1.54, 1.807) is 0 Å². The number of carbonyl (C=O) groups is 2. The number of aromatic carboxylic acids is 1. The molecule has 1 amide bonds. The first kappa shape index (κ1) is 13.6. The number of fused-ring (bicyclic) bond motifs is 1. The van der Waals surface area contributed by atoms with Gasteiger partial charge >= 0.3 is 0 Å². The minimum atomic E-state index is -1.17. The van der Waals surface area contributed by atoms with Crippen LogP contribution in [0.4, 0.5) is 5.00 Å². The standard InChI is InChI=1S/C14H18N2O3S/c1-2-16-6-5-9-10(7-16)20-13(11(9)14(18)19)15-12(17)8-3-4-8/h8H,2-7H2,1H3,(H,15,17)(H,18,19). The van der Waals surface area contributed by atoms with Crippen LogP contribution in [-0.4, -0.2) is 25.0 Å². The monoisotopic (exact) mass is 294 g/mol. The van der Waals surface area contributed by atoms with Crippen LogP contribution in [0, 0.1) is 5.92 Å². The van der Waals surface area contributed by atoms with Gasteiger partial charge in [0.1, 0.15) is 11.5 Å². The molecule has 6 heteroatoms. The van der Waals surface area contributed by atoms with E-state index < -0.39 is 5.97 Å². The van der Waals surface area contributed by atoms with Gasteiger partial charge in [0.25, 0.3) is 0 Å². The van der Waals surface area contributed by atoms with Crippen molar-refractivity contribution >= 4 is 28.2 Å². The first-order chi connectivity index (χ1) is 9.60. The second-order valence-corrected chi connectivity index (χ2v) is 6.64. The number of quaternary nitrogens is 1. The summed E-state index contributed by atoms with van der Waals surface area (Å²) in [5, 5.41) is 14.7. The number of amides is 1. The van der Waals surface area contributed by atoms with E-state index in [0.717, 1.165) is 49.3 Å². The minimum Gasteiger partial charge on any atom is -0.545 e. The lowest BCUT2D eigenvalue weighted by atomic mass is 10.0. The van der Waals surface area contributed by atoms with Crippen molar-refractivity contribution in [3.05, 3.63) is 16.0 Å². The van der Waals surface area contributed by atoms with E-state index in [4.69, 9.17) is 0 Å². The lowest BCUT2D eigenvalue weighted by molar-refractivity contribution is -0.913. The largest absolute Gasteiger partial charge is 0.545 e. The Kier molecular flexibility index (Phi) is 3.52. The molecule has 0 bridgehead atoms. The molecule has 1 aliphatic carbocycles. The third-order valence-electron chi connectivity index (χ3n) is 4.12. The number of carbonyl (C=O) groups excluding carboxylic acids is 2. The van der Waals surface area contributed by atoms with Gasteiger partial charge in [0, 0.05) is 17.9 Å². The molecule has 20 heavy (non-hydrogen) atoms. The van der Waals surface area contributed by atoms with E-state index in [1.807, 2.05) is 0 Å². The Labute approximate surface area is 121 Å². The topological polar surface area (TPSA) is 73.7 Å². The fourth-order valence-electron chi connectivity index (χ4n) is 2.70. The fourth-order valence-corrected chi connectivity index (χ4v) is 4.01. The Hall–Kier alpha value is -1.40. The van der Waals surface area contributed by atoms with Gasteiger partial charge < -0.3 is 20.1 Å². The van der Waals surface area contributed by atoms with Gasteiger partial charge in [0.15, 0.2) is 0 Å². The fraction of sp³-hybridized carbons (Fsp3) is 0.571. The van der Waals surface area contributed by atoms with Crippen LogP contribution in [-0.2, 0) is 17.8 Å². The normalized spacial score (nSPS) is 21.4. The van der Waals surface area contributed by atoms with Crippen molar-refractivity contribution in [2.45, 2.75) is 32.7 Å². The number of nitrogens with one attached hydrogen (secondary N) is 2. The van der Waals surface area contributed by atoms with Gasteiger partial charge in [-0.25, -0.2) is 0 Å². The van der Waals surface area contributed by atoms with E-state index in [-0.39, 0.29) is 17.4 Å². The summed E-state index contributed by atoms with van der Waals surface area (Å²) in [5.41, 5.74) is 1.09. The van der Waals surface area contributed by atoms with E-state index in [9.17, 15) is 14.7 Å². The SMILES string of the molecule is CC[NH+]1CCc2c(sc(NC(=O)C3CC3)c2C(=O)[O-])C1. The van der Waals surface area contributed by atoms with Crippen molar-refractivity contribution in [1.29, 1.82) is 0 Å². The second-order valence-electron chi connectivity index (χ2n) is 5.54. The molecule has 3 rings (SSSR count). The molecule has 0 spiro atoms. The summed E-state index contributed by atoms with van der Waals surface area (Å²) in [6.45, 7) is 4.94. The van der Waals surface area contributed by atoms with Crippen LogP contribution in [0.15, 0.2) is 0 Å². The molecule has 5 nitrogen and oxygen atoms in total. The maximum Gasteiger partial charge on any atom is 0.228 e. The van der Waals surface area contributed by atoms with E-state index in [2.05, 4.69) is 12.2 Å². The molecule has 0 radical (unpaired) electrons. The van der Waals surface area contributed by atoms with Crippen molar-refractivity contribution in [3.8, 4) is 0 Å². The van der Waals surface area contributed by atoms with Crippen LogP contribution in [0.2, 0.25) is 0 Å². The lowest BCUT2D eigenvalue weighted by Crippen LogP contribution is -3.11. The molecule has 2 heterocycles. The number of hydrogen-bond acceptors (Lipinski definition) is 4. The predicted molar refractivity (Wildman–Crippen MR) is 73.8 cm³/mol.